The van der Waals surface area contributed by atoms with E-state index in [0.29, 0.717) is 27.3 Å². The van der Waals surface area contributed by atoms with Gasteiger partial charge < -0.3 is 14.6 Å². The van der Waals surface area contributed by atoms with E-state index < -0.39 is 12.0 Å². The maximum Gasteiger partial charge on any atom is 0.321 e. The van der Waals surface area contributed by atoms with Crippen LogP contribution >= 0.6 is 35.0 Å². The van der Waals surface area contributed by atoms with Crippen LogP contribution in [0.3, 0.4) is 0 Å². The number of hydrogen-bond acceptors (Lipinski definition) is 5. The van der Waals surface area contributed by atoms with Crippen molar-refractivity contribution < 1.29 is 19.4 Å². The Hall–Kier alpha value is -1.60. The lowest BCUT2D eigenvalue weighted by Crippen LogP contribution is -2.33. The molecule has 1 aliphatic rings. The number of rotatable bonds is 6. The molecule has 0 aliphatic carbocycles. The summed E-state index contributed by atoms with van der Waals surface area (Å²) in [6, 6.07) is 10.3. The van der Waals surface area contributed by atoms with Crippen LogP contribution < -0.4 is 14.8 Å². The first-order chi connectivity index (χ1) is 12.5. The molecule has 0 spiro atoms. The number of ether oxygens (including phenoxy) is 2. The lowest BCUT2D eigenvalue weighted by atomic mass is 10.1. The number of aliphatic carboxylic acids is 1. The van der Waals surface area contributed by atoms with Crippen molar-refractivity contribution in [1.29, 1.82) is 0 Å². The zero-order chi connectivity index (χ0) is 18.7. The van der Waals surface area contributed by atoms with Crippen molar-refractivity contribution in [2.24, 2.45) is 0 Å². The minimum atomic E-state index is -0.842. The van der Waals surface area contributed by atoms with Crippen molar-refractivity contribution in [1.82, 2.24) is 5.32 Å². The number of thioether (sulfide) groups is 1. The second-order valence-electron chi connectivity index (χ2n) is 5.68. The quantitative estimate of drug-likeness (QED) is 0.732. The number of nitrogens with one attached hydrogen (secondary N) is 1. The normalized spacial score (nSPS) is 19.3. The summed E-state index contributed by atoms with van der Waals surface area (Å²) < 4.78 is 11.2. The zero-order valence-corrected chi connectivity index (χ0v) is 16.2. The topological polar surface area (TPSA) is 67.8 Å². The van der Waals surface area contributed by atoms with Gasteiger partial charge in [0, 0.05) is 11.3 Å². The van der Waals surface area contributed by atoms with Crippen LogP contribution in [0.2, 0.25) is 10.0 Å². The molecule has 26 heavy (non-hydrogen) atoms. The van der Waals surface area contributed by atoms with Crippen LogP contribution in [0.15, 0.2) is 36.4 Å². The Morgan fingerprint density at radius 3 is 2.65 bits per heavy atom. The molecule has 1 fully saturated rings. The lowest BCUT2D eigenvalue weighted by Gasteiger charge is -2.16. The number of halogens is 2. The minimum absolute atomic E-state index is 0.0929. The van der Waals surface area contributed by atoms with Gasteiger partial charge in [-0.3, -0.25) is 10.1 Å². The van der Waals surface area contributed by atoms with Gasteiger partial charge >= 0.3 is 5.97 Å². The molecule has 2 N–H and O–H groups in total. The van der Waals surface area contributed by atoms with Crippen molar-refractivity contribution in [2.75, 3.05) is 12.9 Å². The van der Waals surface area contributed by atoms with Crippen LogP contribution in [-0.2, 0) is 11.4 Å². The average molecular weight is 414 g/mol. The first-order valence-corrected chi connectivity index (χ1v) is 9.64. The molecule has 0 radical (unpaired) electrons. The van der Waals surface area contributed by atoms with Gasteiger partial charge in [-0.05, 0) is 29.8 Å². The maximum atomic E-state index is 11.1. The van der Waals surface area contributed by atoms with Crippen LogP contribution in [0.4, 0.5) is 0 Å². The van der Waals surface area contributed by atoms with E-state index in [4.69, 9.17) is 37.8 Å². The molecule has 0 unspecified atom stereocenters. The zero-order valence-electron chi connectivity index (χ0n) is 13.9. The van der Waals surface area contributed by atoms with Gasteiger partial charge in [0.2, 0.25) is 0 Å². The summed E-state index contributed by atoms with van der Waals surface area (Å²) in [5, 5.41) is 13.0. The Morgan fingerprint density at radius 1 is 1.31 bits per heavy atom. The number of methoxy groups -OCH3 is 1. The van der Waals surface area contributed by atoms with E-state index in [9.17, 15) is 4.79 Å². The van der Waals surface area contributed by atoms with E-state index in [1.54, 1.807) is 37.1 Å². The minimum Gasteiger partial charge on any atom is -0.496 e. The molecular formula is C18H17Cl2NO4S. The highest BCUT2D eigenvalue weighted by atomic mass is 35.5. The fourth-order valence-electron chi connectivity index (χ4n) is 2.65. The Balaban J connectivity index is 1.79. The van der Waals surface area contributed by atoms with Gasteiger partial charge in [-0.1, -0.05) is 35.3 Å². The van der Waals surface area contributed by atoms with Crippen LogP contribution in [0, 0.1) is 0 Å². The Morgan fingerprint density at radius 2 is 2.04 bits per heavy atom. The van der Waals surface area contributed by atoms with Crippen LogP contribution in [0.25, 0.3) is 0 Å². The summed E-state index contributed by atoms with van der Waals surface area (Å²) in [7, 11) is 1.59. The molecule has 0 saturated carbocycles. The Labute approximate surface area is 165 Å². The summed E-state index contributed by atoms with van der Waals surface area (Å²) in [5.41, 5.74) is 1.78. The fourth-order valence-corrected chi connectivity index (χ4v) is 4.38. The summed E-state index contributed by atoms with van der Waals surface area (Å²) in [6.07, 6.45) is 0. The molecule has 0 bridgehead atoms. The highest BCUT2D eigenvalue weighted by molar-refractivity contribution is 7.99. The fraction of sp³-hybridized carbons (Fsp3) is 0.278. The van der Waals surface area contributed by atoms with Crippen LogP contribution in [0.1, 0.15) is 16.5 Å². The molecule has 0 aromatic heterocycles. The molecule has 1 aliphatic heterocycles. The molecule has 8 heteroatoms. The van der Waals surface area contributed by atoms with E-state index >= 15 is 0 Å². The number of benzene rings is 2. The van der Waals surface area contributed by atoms with Gasteiger partial charge in [0.1, 0.15) is 18.4 Å². The van der Waals surface area contributed by atoms with Crippen molar-refractivity contribution >= 4 is 40.9 Å². The van der Waals surface area contributed by atoms with Crippen LogP contribution in [-0.4, -0.2) is 30.0 Å². The lowest BCUT2D eigenvalue weighted by molar-refractivity contribution is -0.138. The Bertz CT molecular complexity index is 798. The molecule has 138 valence electrons. The first kappa shape index (κ1) is 19.2. The SMILES string of the molecule is COc1ccc([C@H]2N[C@H](C(=O)O)CS2)cc1COc1c(Cl)cccc1Cl. The molecule has 2 aromatic carbocycles. The predicted octanol–water partition coefficient (Wildman–Crippen LogP) is 4.37. The van der Waals surface area contributed by atoms with Gasteiger partial charge in [0.05, 0.1) is 22.5 Å². The summed E-state index contributed by atoms with van der Waals surface area (Å²) in [4.78, 5) is 11.1. The monoisotopic (exact) mass is 413 g/mol. The number of hydrogen-bond donors (Lipinski definition) is 2. The van der Waals surface area contributed by atoms with E-state index in [2.05, 4.69) is 5.32 Å². The standard InChI is InChI=1S/C18H17Cl2NO4S/c1-24-15-6-5-10(17-21-14(9-26-17)18(22)23)7-11(15)8-25-16-12(19)3-2-4-13(16)20/h2-7,14,17,21H,8-9H2,1H3,(H,22,23)/t14-,17-/m0/s1. The second kappa shape index (κ2) is 8.39. The molecule has 2 atom stereocenters. The third kappa shape index (κ3) is 4.20. The van der Waals surface area contributed by atoms with E-state index in [1.807, 2.05) is 18.2 Å². The summed E-state index contributed by atoms with van der Waals surface area (Å²) >= 11 is 13.8. The number of carboxylic acid groups (broad SMARTS) is 1. The van der Waals surface area contributed by atoms with Gasteiger partial charge in [0.25, 0.3) is 0 Å². The summed E-state index contributed by atoms with van der Waals surface area (Å²) in [6.45, 7) is 0.222. The molecule has 0 amide bonds. The number of para-hydroxylation sites is 1. The van der Waals surface area contributed by atoms with Gasteiger partial charge in [-0.25, -0.2) is 0 Å². The van der Waals surface area contributed by atoms with Gasteiger partial charge in [-0.15, -0.1) is 11.8 Å². The van der Waals surface area contributed by atoms with Crippen molar-refractivity contribution in [3.63, 3.8) is 0 Å². The largest absolute Gasteiger partial charge is 0.496 e. The van der Waals surface area contributed by atoms with Gasteiger partial charge in [-0.2, -0.15) is 0 Å². The third-order valence-corrected chi connectivity index (χ3v) is 5.84. The van der Waals surface area contributed by atoms with Crippen molar-refractivity contribution in [3.05, 3.63) is 57.6 Å². The molecule has 2 aromatic rings. The number of carboxylic acids is 1. The summed E-state index contributed by atoms with van der Waals surface area (Å²) in [5.74, 6) is 0.773. The highest BCUT2D eigenvalue weighted by Gasteiger charge is 2.30. The van der Waals surface area contributed by atoms with Crippen molar-refractivity contribution in [3.8, 4) is 11.5 Å². The molecular weight excluding hydrogens is 397 g/mol. The molecule has 1 saturated heterocycles. The molecule has 1 heterocycles. The molecule has 3 rings (SSSR count). The Kier molecular flexibility index (Phi) is 6.19. The predicted molar refractivity (Wildman–Crippen MR) is 104 cm³/mol. The molecule has 5 nitrogen and oxygen atoms in total. The van der Waals surface area contributed by atoms with Crippen molar-refractivity contribution in [2.45, 2.75) is 18.0 Å². The average Bonchev–Trinajstić information content (AvgIpc) is 3.11. The highest BCUT2D eigenvalue weighted by Crippen LogP contribution is 2.36. The smallest absolute Gasteiger partial charge is 0.321 e. The first-order valence-electron chi connectivity index (χ1n) is 7.83. The van der Waals surface area contributed by atoms with E-state index in [1.165, 1.54) is 0 Å². The number of carbonyl (C=O) groups is 1. The second-order valence-corrected chi connectivity index (χ2v) is 7.63. The van der Waals surface area contributed by atoms with E-state index in [0.717, 1.165) is 11.1 Å². The van der Waals surface area contributed by atoms with Crippen LogP contribution in [0.5, 0.6) is 11.5 Å². The van der Waals surface area contributed by atoms with Gasteiger partial charge in [0.15, 0.2) is 5.75 Å². The third-order valence-electron chi connectivity index (χ3n) is 3.98. The van der Waals surface area contributed by atoms with E-state index in [-0.39, 0.29) is 12.0 Å². The maximum absolute atomic E-state index is 11.1.